The van der Waals surface area contributed by atoms with Gasteiger partial charge in [-0.3, -0.25) is 5.10 Å². The van der Waals surface area contributed by atoms with Crippen LogP contribution >= 0.6 is 0 Å². The van der Waals surface area contributed by atoms with Crippen LogP contribution in [-0.2, 0) is 12.6 Å². The highest BCUT2D eigenvalue weighted by molar-refractivity contribution is 5.66. The van der Waals surface area contributed by atoms with E-state index in [1.165, 1.54) is 12.1 Å². The molecule has 0 aliphatic heterocycles. The highest BCUT2D eigenvalue weighted by Crippen LogP contribution is 2.35. The first kappa shape index (κ1) is 12.6. The Balaban J connectivity index is 2.50. The number of nitrogens with zero attached hydrogens (tertiary/aromatic N) is 1. The Morgan fingerprint density at radius 3 is 2.56 bits per heavy atom. The summed E-state index contributed by atoms with van der Waals surface area (Å²) < 4.78 is 51.5. The second-order valence-electron chi connectivity index (χ2n) is 3.82. The molecule has 2 nitrogen and oxygen atoms in total. The van der Waals surface area contributed by atoms with Crippen molar-refractivity contribution in [2.75, 3.05) is 0 Å². The molecular formula is C12H10F4N2. The summed E-state index contributed by atoms with van der Waals surface area (Å²) in [6.07, 6.45) is -3.00. The Labute approximate surface area is 101 Å². The molecule has 96 valence electrons. The molecule has 0 fully saturated rings. The van der Waals surface area contributed by atoms with Crippen molar-refractivity contribution < 1.29 is 17.6 Å². The highest BCUT2D eigenvalue weighted by Gasteiger charge is 2.35. The molecule has 6 heteroatoms. The van der Waals surface area contributed by atoms with Crippen LogP contribution in [0.15, 0.2) is 24.4 Å². The van der Waals surface area contributed by atoms with E-state index >= 15 is 0 Å². The van der Waals surface area contributed by atoms with Crippen molar-refractivity contribution in [2.24, 2.45) is 0 Å². The van der Waals surface area contributed by atoms with Gasteiger partial charge in [0, 0.05) is 5.56 Å². The first-order valence-corrected chi connectivity index (χ1v) is 5.33. The van der Waals surface area contributed by atoms with Crippen molar-refractivity contribution in [3.8, 4) is 11.1 Å². The monoisotopic (exact) mass is 258 g/mol. The predicted molar refractivity (Wildman–Crippen MR) is 58.4 cm³/mol. The second-order valence-corrected chi connectivity index (χ2v) is 3.82. The van der Waals surface area contributed by atoms with E-state index < -0.39 is 17.7 Å². The molecular weight excluding hydrogens is 248 g/mol. The second kappa shape index (κ2) is 4.44. The van der Waals surface area contributed by atoms with Gasteiger partial charge in [0.15, 0.2) is 0 Å². The highest BCUT2D eigenvalue weighted by atomic mass is 19.4. The lowest BCUT2D eigenvalue weighted by atomic mass is 10.0. The molecule has 2 aromatic rings. The summed E-state index contributed by atoms with van der Waals surface area (Å²) in [5.74, 6) is -0.510. The zero-order chi connectivity index (χ0) is 13.3. The van der Waals surface area contributed by atoms with Gasteiger partial charge in [0.1, 0.15) is 11.5 Å². The molecule has 18 heavy (non-hydrogen) atoms. The predicted octanol–water partition coefficient (Wildman–Crippen LogP) is 3.80. The molecule has 0 atom stereocenters. The average molecular weight is 258 g/mol. The van der Waals surface area contributed by atoms with Crippen molar-refractivity contribution >= 4 is 0 Å². The summed E-state index contributed by atoms with van der Waals surface area (Å²) in [6, 6.07) is 4.04. The van der Waals surface area contributed by atoms with Gasteiger partial charge >= 0.3 is 6.18 Å². The maximum absolute atomic E-state index is 13.6. The van der Waals surface area contributed by atoms with Gasteiger partial charge in [-0.1, -0.05) is 19.1 Å². The number of hydrogen-bond donors (Lipinski definition) is 1. The van der Waals surface area contributed by atoms with Crippen LogP contribution in [0.25, 0.3) is 11.1 Å². The van der Waals surface area contributed by atoms with Gasteiger partial charge in [-0.05, 0) is 23.6 Å². The molecule has 1 aromatic carbocycles. The standard InChI is InChI=1S/C12H10F4N2/c1-2-7-3-4-8(5-10(7)13)9-6-17-18-11(9)12(14,15)16/h3-6H,2H2,1H3,(H,17,18). The van der Waals surface area contributed by atoms with Crippen LogP contribution in [0.3, 0.4) is 0 Å². The Morgan fingerprint density at radius 2 is 2.00 bits per heavy atom. The zero-order valence-corrected chi connectivity index (χ0v) is 9.48. The van der Waals surface area contributed by atoms with E-state index in [-0.39, 0.29) is 11.1 Å². The molecule has 0 bridgehead atoms. The quantitative estimate of drug-likeness (QED) is 0.815. The third-order valence-corrected chi connectivity index (χ3v) is 2.67. The molecule has 0 radical (unpaired) electrons. The van der Waals surface area contributed by atoms with Crippen LogP contribution in [0.2, 0.25) is 0 Å². The smallest absolute Gasteiger partial charge is 0.273 e. The van der Waals surface area contributed by atoms with Crippen molar-refractivity contribution in [3.05, 3.63) is 41.5 Å². The van der Waals surface area contributed by atoms with Crippen molar-refractivity contribution in [1.82, 2.24) is 10.2 Å². The lowest BCUT2D eigenvalue weighted by molar-refractivity contribution is -0.140. The summed E-state index contributed by atoms with van der Waals surface area (Å²) >= 11 is 0. The Bertz CT molecular complexity index is 557. The number of nitrogens with one attached hydrogen (secondary N) is 1. The van der Waals surface area contributed by atoms with Crippen LogP contribution in [0.1, 0.15) is 18.2 Å². The minimum absolute atomic E-state index is 0.149. The van der Waals surface area contributed by atoms with E-state index in [0.717, 1.165) is 12.3 Å². The fraction of sp³-hybridized carbons (Fsp3) is 0.250. The Kier molecular flexibility index (Phi) is 3.11. The van der Waals surface area contributed by atoms with Gasteiger partial charge in [0.05, 0.1) is 6.20 Å². The SMILES string of the molecule is CCc1ccc(-c2cn[nH]c2C(F)(F)F)cc1F. The van der Waals surface area contributed by atoms with Crippen LogP contribution in [0, 0.1) is 5.82 Å². The normalized spacial score (nSPS) is 11.8. The third-order valence-electron chi connectivity index (χ3n) is 2.67. The van der Waals surface area contributed by atoms with Crippen LogP contribution in [0.5, 0.6) is 0 Å². The molecule has 0 saturated carbocycles. The molecule has 1 aromatic heterocycles. The van der Waals surface area contributed by atoms with E-state index in [0.29, 0.717) is 12.0 Å². The Hall–Kier alpha value is -1.85. The van der Waals surface area contributed by atoms with E-state index in [4.69, 9.17) is 0 Å². The topological polar surface area (TPSA) is 28.7 Å². The van der Waals surface area contributed by atoms with Gasteiger partial charge in [-0.15, -0.1) is 0 Å². The molecule has 0 spiro atoms. The largest absolute Gasteiger partial charge is 0.433 e. The van der Waals surface area contributed by atoms with Gasteiger partial charge < -0.3 is 0 Å². The van der Waals surface area contributed by atoms with Crippen molar-refractivity contribution in [3.63, 3.8) is 0 Å². The molecule has 1 N–H and O–H groups in total. The van der Waals surface area contributed by atoms with E-state index in [1.54, 1.807) is 6.92 Å². The minimum Gasteiger partial charge on any atom is -0.273 e. The summed E-state index contributed by atoms with van der Waals surface area (Å²) in [5, 5.41) is 5.26. The fourth-order valence-corrected chi connectivity index (χ4v) is 1.72. The van der Waals surface area contributed by atoms with Crippen LogP contribution < -0.4 is 0 Å². The lowest BCUT2D eigenvalue weighted by Gasteiger charge is -2.08. The van der Waals surface area contributed by atoms with E-state index in [9.17, 15) is 17.6 Å². The number of halogens is 4. The maximum atomic E-state index is 13.6. The van der Waals surface area contributed by atoms with Crippen molar-refractivity contribution in [1.29, 1.82) is 0 Å². The summed E-state index contributed by atoms with van der Waals surface area (Å²) in [4.78, 5) is 0. The van der Waals surface area contributed by atoms with Gasteiger partial charge in [-0.25, -0.2) is 4.39 Å². The number of benzene rings is 1. The first-order valence-electron chi connectivity index (χ1n) is 5.33. The lowest BCUT2D eigenvalue weighted by Crippen LogP contribution is -2.07. The summed E-state index contributed by atoms with van der Waals surface area (Å²) in [7, 11) is 0. The number of aryl methyl sites for hydroxylation is 1. The summed E-state index contributed by atoms with van der Waals surface area (Å²) in [5.41, 5.74) is -0.489. The minimum atomic E-state index is -4.54. The molecule has 0 unspecified atom stereocenters. The number of aromatic amines is 1. The molecule has 0 aliphatic rings. The fourth-order valence-electron chi connectivity index (χ4n) is 1.72. The molecule has 1 heterocycles. The van der Waals surface area contributed by atoms with Crippen LogP contribution in [0.4, 0.5) is 17.6 Å². The zero-order valence-electron chi connectivity index (χ0n) is 9.48. The molecule has 0 amide bonds. The Morgan fingerprint density at radius 1 is 1.28 bits per heavy atom. The number of aromatic nitrogens is 2. The van der Waals surface area contributed by atoms with Gasteiger partial charge in [0.2, 0.25) is 0 Å². The maximum Gasteiger partial charge on any atom is 0.433 e. The number of H-pyrrole nitrogens is 1. The first-order chi connectivity index (χ1) is 8.43. The average Bonchev–Trinajstić information content (AvgIpc) is 2.77. The van der Waals surface area contributed by atoms with Gasteiger partial charge in [0.25, 0.3) is 0 Å². The number of alkyl halides is 3. The third kappa shape index (κ3) is 2.23. The summed E-state index contributed by atoms with van der Waals surface area (Å²) in [6.45, 7) is 1.77. The van der Waals surface area contributed by atoms with Crippen LogP contribution in [-0.4, -0.2) is 10.2 Å². The molecule has 2 rings (SSSR count). The molecule has 0 aliphatic carbocycles. The number of rotatable bonds is 2. The van der Waals surface area contributed by atoms with Gasteiger partial charge in [-0.2, -0.15) is 18.3 Å². The number of hydrogen-bond acceptors (Lipinski definition) is 1. The van der Waals surface area contributed by atoms with Crippen molar-refractivity contribution in [2.45, 2.75) is 19.5 Å². The molecule has 0 saturated heterocycles. The van der Waals surface area contributed by atoms with E-state index in [2.05, 4.69) is 5.10 Å². The van der Waals surface area contributed by atoms with E-state index in [1.807, 2.05) is 5.10 Å².